The van der Waals surface area contributed by atoms with E-state index in [0.717, 1.165) is 10.0 Å². The number of rotatable bonds is 6. The summed E-state index contributed by atoms with van der Waals surface area (Å²) in [6.45, 7) is 1.98. The van der Waals surface area contributed by atoms with Crippen LogP contribution in [0.5, 0.6) is 11.5 Å². The fraction of sp³-hybridized carbons (Fsp3) is 0.227. The van der Waals surface area contributed by atoms with Gasteiger partial charge in [0.2, 0.25) is 11.0 Å². The van der Waals surface area contributed by atoms with Crippen LogP contribution >= 0.6 is 39.0 Å². The molecule has 1 aliphatic heterocycles. The highest BCUT2D eigenvalue weighted by atomic mass is 79.9. The first-order valence-corrected chi connectivity index (χ1v) is 13.1. The van der Waals surface area contributed by atoms with Crippen LogP contribution in [-0.2, 0) is 11.3 Å². The van der Waals surface area contributed by atoms with Crippen molar-refractivity contribution >= 4 is 61.0 Å². The molecule has 0 radical (unpaired) electrons. The quantitative estimate of drug-likeness (QED) is 0.355. The highest BCUT2D eigenvalue weighted by molar-refractivity contribution is 9.10. The van der Waals surface area contributed by atoms with Gasteiger partial charge in [-0.2, -0.15) is 0 Å². The van der Waals surface area contributed by atoms with E-state index >= 15 is 0 Å². The minimum Gasteiger partial charge on any atom is -0.504 e. The lowest BCUT2D eigenvalue weighted by atomic mass is 10.2. The average molecular weight is 575 g/mol. The molecule has 2 aromatic carbocycles. The molecule has 10 nitrogen and oxygen atoms in total. The molecule has 2 aromatic heterocycles. The summed E-state index contributed by atoms with van der Waals surface area (Å²) in [5, 5.41) is 19.6. The van der Waals surface area contributed by atoms with E-state index in [4.69, 9.17) is 4.74 Å². The van der Waals surface area contributed by atoms with Crippen molar-refractivity contribution in [2.24, 2.45) is 0 Å². The van der Waals surface area contributed by atoms with E-state index in [2.05, 4.69) is 36.5 Å². The van der Waals surface area contributed by atoms with Crippen molar-refractivity contribution in [1.82, 2.24) is 19.9 Å². The topological polar surface area (TPSA) is 122 Å². The fourth-order valence-corrected chi connectivity index (χ4v) is 6.13. The van der Waals surface area contributed by atoms with Gasteiger partial charge < -0.3 is 15.3 Å². The van der Waals surface area contributed by atoms with Crippen molar-refractivity contribution in [2.75, 3.05) is 23.2 Å². The Morgan fingerprint density at radius 1 is 1.23 bits per heavy atom. The normalized spacial score (nSPS) is 15.7. The number of phenols is 1. The van der Waals surface area contributed by atoms with Crippen molar-refractivity contribution in [2.45, 2.75) is 18.8 Å². The van der Waals surface area contributed by atoms with Gasteiger partial charge in [-0.15, -0.1) is 22.0 Å². The summed E-state index contributed by atoms with van der Waals surface area (Å²) in [6, 6.07) is 10.4. The van der Waals surface area contributed by atoms with Gasteiger partial charge in [0.1, 0.15) is 16.2 Å². The number of anilines is 1. The van der Waals surface area contributed by atoms with E-state index in [1.165, 1.54) is 34.9 Å². The number of hydrogen-bond donors (Lipinski definition) is 2. The summed E-state index contributed by atoms with van der Waals surface area (Å²) in [6.07, 6.45) is 0. The van der Waals surface area contributed by atoms with Gasteiger partial charge in [-0.3, -0.25) is 14.5 Å². The zero-order chi connectivity index (χ0) is 24.7. The molecule has 5 rings (SSSR count). The molecular formula is C22H19BrN6O4S2. The van der Waals surface area contributed by atoms with Crippen LogP contribution in [0.1, 0.15) is 21.8 Å². The van der Waals surface area contributed by atoms with Gasteiger partial charge in [0, 0.05) is 4.47 Å². The van der Waals surface area contributed by atoms with E-state index in [1.807, 2.05) is 6.07 Å². The van der Waals surface area contributed by atoms with Crippen molar-refractivity contribution < 1.29 is 14.6 Å². The number of aromatic hydroxyl groups is 1. The summed E-state index contributed by atoms with van der Waals surface area (Å²) in [7, 11) is 1.48. The Labute approximate surface area is 216 Å². The number of halogens is 1. The lowest BCUT2D eigenvalue weighted by Gasteiger charge is -2.21. The number of thioether (sulfide) groups is 1. The third kappa shape index (κ3) is 4.46. The monoisotopic (exact) mass is 574 g/mol. The number of nitrogens with zero attached hydrogens (tertiary/aromatic N) is 5. The number of nitrogens with one attached hydrogen (secondary N) is 1. The number of phenolic OH excluding ortho intramolecular Hbond substituents is 1. The van der Waals surface area contributed by atoms with Crippen molar-refractivity contribution in [3.63, 3.8) is 0 Å². The number of benzene rings is 2. The van der Waals surface area contributed by atoms with Gasteiger partial charge in [-0.25, -0.2) is 9.66 Å². The molecule has 0 bridgehead atoms. The summed E-state index contributed by atoms with van der Waals surface area (Å²) >= 11 is 6.12. The van der Waals surface area contributed by atoms with Gasteiger partial charge >= 0.3 is 0 Å². The Morgan fingerprint density at radius 3 is 2.86 bits per heavy atom. The van der Waals surface area contributed by atoms with Crippen LogP contribution < -0.4 is 20.6 Å². The molecule has 1 amide bonds. The second-order valence-corrected chi connectivity index (χ2v) is 10.7. The number of aromatic nitrogens is 4. The van der Waals surface area contributed by atoms with Gasteiger partial charge in [-0.05, 0) is 42.8 Å². The standard InChI is InChI=1S/C22H19BrN6O4S2/c1-11-25-15-5-4-13(23)8-14(15)20(32)29(11)24-9-18-26-27-22(35-18)28-19(31)10-34-21(28)12-3-6-16(30)17(7-12)33-2/h3-8,21,24,30H,9-10H2,1-2H3. The first kappa shape index (κ1) is 23.6. The van der Waals surface area contributed by atoms with Gasteiger partial charge in [-0.1, -0.05) is 33.3 Å². The highest BCUT2D eigenvalue weighted by Crippen LogP contribution is 2.44. The van der Waals surface area contributed by atoms with E-state index in [0.29, 0.717) is 38.4 Å². The zero-order valence-corrected chi connectivity index (χ0v) is 21.8. The maximum atomic E-state index is 13.0. The van der Waals surface area contributed by atoms with Crippen LogP contribution in [0, 0.1) is 6.92 Å². The predicted molar refractivity (Wildman–Crippen MR) is 139 cm³/mol. The Bertz CT molecular complexity index is 1510. The first-order chi connectivity index (χ1) is 16.9. The van der Waals surface area contributed by atoms with Gasteiger partial charge in [0.25, 0.3) is 5.56 Å². The van der Waals surface area contributed by atoms with Crippen molar-refractivity contribution in [1.29, 1.82) is 0 Å². The lowest BCUT2D eigenvalue weighted by Crippen LogP contribution is -2.31. The minimum atomic E-state index is -0.321. The van der Waals surface area contributed by atoms with Crippen molar-refractivity contribution in [3.8, 4) is 11.5 Å². The van der Waals surface area contributed by atoms with E-state index in [-0.39, 0.29) is 29.1 Å². The molecule has 2 N–H and O–H groups in total. The highest BCUT2D eigenvalue weighted by Gasteiger charge is 2.36. The van der Waals surface area contributed by atoms with Crippen LogP contribution in [0.3, 0.4) is 0 Å². The van der Waals surface area contributed by atoms with Crippen LogP contribution in [0.2, 0.25) is 0 Å². The molecule has 35 heavy (non-hydrogen) atoms. The number of aryl methyl sites for hydroxylation is 1. The summed E-state index contributed by atoms with van der Waals surface area (Å²) in [5.41, 5.74) is 4.28. The summed E-state index contributed by atoms with van der Waals surface area (Å²) < 4.78 is 7.39. The van der Waals surface area contributed by atoms with Crippen molar-refractivity contribution in [3.05, 3.63) is 67.6 Å². The Balaban J connectivity index is 1.38. The van der Waals surface area contributed by atoms with Crippen LogP contribution in [-0.4, -0.2) is 43.7 Å². The molecule has 3 heterocycles. The molecule has 13 heteroatoms. The minimum absolute atomic E-state index is 0.0301. The SMILES string of the molecule is COc1cc(C2SCC(=O)N2c2nnc(CNn3c(C)nc4ccc(Br)cc4c3=O)s2)ccc1O. The smallest absolute Gasteiger partial charge is 0.279 e. The molecule has 1 atom stereocenters. The molecule has 0 spiro atoms. The molecular weight excluding hydrogens is 556 g/mol. The Morgan fingerprint density at radius 2 is 2.06 bits per heavy atom. The second kappa shape index (κ2) is 9.47. The Kier molecular flexibility index (Phi) is 6.38. The summed E-state index contributed by atoms with van der Waals surface area (Å²) in [5.74, 6) is 1.10. The van der Waals surface area contributed by atoms with Crippen LogP contribution in [0.25, 0.3) is 10.9 Å². The van der Waals surface area contributed by atoms with Crippen LogP contribution in [0.15, 0.2) is 45.7 Å². The molecule has 0 saturated carbocycles. The zero-order valence-electron chi connectivity index (χ0n) is 18.6. The maximum Gasteiger partial charge on any atom is 0.279 e. The number of hydrogen-bond acceptors (Lipinski definition) is 10. The number of amides is 1. The molecule has 180 valence electrons. The third-order valence-electron chi connectivity index (χ3n) is 5.41. The molecule has 1 saturated heterocycles. The number of carbonyl (C=O) groups is 1. The largest absolute Gasteiger partial charge is 0.504 e. The van der Waals surface area contributed by atoms with E-state index in [9.17, 15) is 14.7 Å². The third-order valence-corrected chi connectivity index (χ3v) is 8.03. The number of fused-ring (bicyclic) bond motifs is 1. The number of carbonyl (C=O) groups excluding carboxylic acids is 1. The molecule has 1 aliphatic rings. The molecule has 0 aliphatic carbocycles. The fourth-order valence-electron chi connectivity index (χ4n) is 3.74. The van der Waals surface area contributed by atoms with Gasteiger partial charge in [0.15, 0.2) is 11.5 Å². The number of ether oxygens (including phenoxy) is 1. The average Bonchev–Trinajstić information content (AvgIpc) is 3.46. The second-order valence-electron chi connectivity index (χ2n) is 7.63. The molecule has 1 fully saturated rings. The number of methoxy groups -OCH3 is 1. The Hall–Kier alpha value is -3.16. The predicted octanol–water partition coefficient (Wildman–Crippen LogP) is 3.56. The molecule has 1 unspecified atom stereocenters. The van der Waals surface area contributed by atoms with Crippen LogP contribution in [0.4, 0.5) is 5.13 Å². The van der Waals surface area contributed by atoms with E-state index in [1.54, 1.807) is 42.2 Å². The summed E-state index contributed by atoms with van der Waals surface area (Å²) in [4.78, 5) is 31.8. The lowest BCUT2D eigenvalue weighted by molar-refractivity contribution is -0.115. The first-order valence-electron chi connectivity index (χ1n) is 10.4. The maximum absolute atomic E-state index is 13.0. The van der Waals surface area contributed by atoms with E-state index < -0.39 is 0 Å². The van der Waals surface area contributed by atoms with Gasteiger partial charge in [0.05, 0.1) is 30.3 Å². The molecule has 4 aromatic rings.